The van der Waals surface area contributed by atoms with Gasteiger partial charge in [-0.05, 0) is 37.6 Å². The molecule has 0 spiro atoms. The minimum atomic E-state index is 0.553. The number of aromatic nitrogens is 4. The topological polar surface area (TPSA) is 59.0 Å². The maximum absolute atomic E-state index is 5.34. The lowest BCUT2D eigenvalue weighted by molar-refractivity contribution is -0.0573. The van der Waals surface area contributed by atoms with Crippen molar-refractivity contribution < 1.29 is 4.74 Å². The van der Waals surface area contributed by atoms with Crippen molar-refractivity contribution in [3.63, 3.8) is 0 Å². The van der Waals surface area contributed by atoms with Gasteiger partial charge >= 0.3 is 0 Å². The van der Waals surface area contributed by atoms with Crippen LogP contribution in [0.15, 0.2) is 24.5 Å². The molecule has 6 nitrogen and oxygen atoms in total. The van der Waals surface area contributed by atoms with Crippen molar-refractivity contribution in [2.75, 3.05) is 26.3 Å². The van der Waals surface area contributed by atoms with E-state index in [2.05, 4.69) is 45.7 Å². The third kappa shape index (κ3) is 2.48. The minimum absolute atomic E-state index is 0.553. The number of hydrogen-bond acceptors (Lipinski definition) is 4. The summed E-state index contributed by atoms with van der Waals surface area (Å²) in [5.74, 6) is 0.553. The molecule has 2 aliphatic rings. The van der Waals surface area contributed by atoms with E-state index in [0.717, 1.165) is 43.2 Å². The highest BCUT2D eigenvalue weighted by molar-refractivity contribution is 5.83. The third-order valence-electron chi connectivity index (χ3n) is 5.72. The largest absolute Gasteiger partial charge is 0.378 e. The van der Waals surface area contributed by atoms with Crippen molar-refractivity contribution in [1.29, 1.82) is 0 Å². The van der Waals surface area contributed by atoms with E-state index >= 15 is 0 Å². The van der Waals surface area contributed by atoms with E-state index in [9.17, 15) is 0 Å². The van der Waals surface area contributed by atoms with Crippen LogP contribution in [0.4, 0.5) is 0 Å². The molecule has 3 aromatic rings. The van der Waals surface area contributed by atoms with Crippen molar-refractivity contribution in [2.24, 2.45) is 7.05 Å². The van der Waals surface area contributed by atoms with Gasteiger partial charge in [-0.2, -0.15) is 5.10 Å². The summed E-state index contributed by atoms with van der Waals surface area (Å²) in [6.45, 7) is 6.16. The lowest BCUT2D eigenvalue weighted by Gasteiger charge is -2.34. The molecule has 5 rings (SSSR count). The third-order valence-corrected chi connectivity index (χ3v) is 5.72. The fourth-order valence-corrected chi connectivity index (χ4v) is 4.07. The molecule has 1 unspecified atom stereocenters. The Hall–Kier alpha value is -2.18. The van der Waals surface area contributed by atoms with Gasteiger partial charge in [0.2, 0.25) is 0 Å². The Kier molecular flexibility index (Phi) is 3.43. The SMILES string of the molecule is Cc1c[nH]c2ncc(-c3cc(C4CCN(C5COC5)C4)n(C)n3)cc12. The fraction of sp³-hybridized carbons (Fsp3) is 0.474. The Labute approximate surface area is 146 Å². The summed E-state index contributed by atoms with van der Waals surface area (Å²) in [4.78, 5) is 10.3. The lowest BCUT2D eigenvalue weighted by Crippen LogP contribution is -2.47. The van der Waals surface area contributed by atoms with E-state index in [1.165, 1.54) is 23.1 Å². The number of aromatic amines is 1. The van der Waals surface area contributed by atoms with Crippen LogP contribution in [0.3, 0.4) is 0 Å². The van der Waals surface area contributed by atoms with Gasteiger partial charge in [-0.15, -0.1) is 0 Å². The highest BCUT2D eigenvalue weighted by Crippen LogP contribution is 2.32. The predicted molar refractivity (Wildman–Crippen MR) is 96.6 cm³/mol. The normalized spacial score (nSPS) is 21.9. The number of nitrogens with one attached hydrogen (secondary N) is 1. The van der Waals surface area contributed by atoms with E-state index in [4.69, 9.17) is 9.84 Å². The van der Waals surface area contributed by atoms with Crippen LogP contribution in [0.2, 0.25) is 0 Å². The summed E-state index contributed by atoms with van der Waals surface area (Å²) in [5, 5.41) is 5.94. The van der Waals surface area contributed by atoms with Gasteiger partial charge in [-0.25, -0.2) is 4.98 Å². The molecule has 0 saturated carbocycles. The minimum Gasteiger partial charge on any atom is -0.378 e. The number of likely N-dealkylation sites (tertiary alicyclic amines) is 1. The predicted octanol–water partition coefficient (Wildman–Crippen LogP) is 2.46. The van der Waals surface area contributed by atoms with Gasteiger partial charge < -0.3 is 9.72 Å². The zero-order chi connectivity index (χ0) is 17.0. The summed E-state index contributed by atoms with van der Waals surface area (Å²) >= 11 is 0. The second-order valence-corrected chi connectivity index (χ2v) is 7.34. The molecule has 3 aromatic heterocycles. The van der Waals surface area contributed by atoms with Gasteiger partial charge in [0.05, 0.1) is 24.9 Å². The van der Waals surface area contributed by atoms with Gasteiger partial charge in [-0.1, -0.05) is 0 Å². The van der Waals surface area contributed by atoms with Crippen molar-refractivity contribution in [2.45, 2.75) is 25.3 Å². The second kappa shape index (κ2) is 5.68. The highest BCUT2D eigenvalue weighted by Gasteiger charge is 2.34. The number of nitrogens with zero attached hydrogens (tertiary/aromatic N) is 4. The second-order valence-electron chi connectivity index (χ2n) is 7.34. The number of rotatable bonds is 3. The maximum Gasteiger partial charge on any atom is 0.137 e. The van der Waals surface area contributed by atoms with Crippen molar-refractivity contribution >= 4 is 11.0 Å². The van der Waals surface area contributed by atoms with Gasteiger partial charge in [0, 0.05) is 48.5 Å². The maximum atomic E-state index is 5.34. The van der Waals surface area contributed by atoms with Crippen LogP contribution in [-0.2, 0) is 11.8 Å². The summed E-state index contributed by atoms with van der Waals surface area (Å²) < 4.78 is 7.39. The molecule has 0 aliphatic carbocycles. The first-order chi connectivity index (χ1) is 12.2. The molecule has 0 amide bonds. The molecule has 2 aliphatic heterocycles. The molecule has 0 aromatic carbocycles. The molecule has 0 bridgehead atoms. The molecule has 25 heavy (non-hydrogen) atoms. The number of pyridine rings is 1. The summed E-state index contributed by atoms with van der Waals surface area (Å²) in [6, 6.07) is 5.06. The smallest absolute Gasteiger partial charge is 0.137 e. The van der Waals surface area contributed by atoms with Gasteiger partial charge in [0.25, 0.3) is 0 Å². The molecule has 2 fully saturated rings. The van der Waals surface area contributed by atoms with Crippen molar-refractivity contribution in [3.8, 4) is 11.3 Å². The van der Waals surface area contributed by atoms with Gasteiger partial charge in [0.1, 0.15) is 5.65 Å². The van der Waals surface area contributed by atoms with Crippen LogP contribution in [0.5, 0.6) is 0 Å². The van der Waals surface area contributed by atoms with Gasteiger partial charge in [-0.3, -0.25) is 9.58 Å². The Morgan fingerprint density at radius 3 is 2.96 bits per heavy atom. The highest BCUT2D eigenvalue weighted by atomic mass is 16.5. The summed E-state index contributed by atoms with van der Waals surface area (Å²) in [7, 11) is 2.06. The Balaban J connectivity index is 1.43. The monoisotopic (exact) mass is 337 g/mol. The van der Waals surface area contributed by atoms with E-state index in [0.29, 0.717) is 12.0 Å². The van der Waals surface area contributed by atoms with Crippen LogP contribution < -0.4 is 0 Å². The van der Waals surface area contributed by atoms with E-state index in [-0.39, 0.29) is 0 Å². The number of hydrogen-bond donors (Lipinski definition) is 1. The van der Waals surface area contributed by atoms with Crippen molar-refractivity contribution in [3.05, 3.63) is 35.8 Å². The van der Waals surface area contributed by atoms with Crippen LogP contribution in [-0.4, -0.2) is 57.0 Å². The number of ether oxygens (including phenoxy) is 1. The van der Waals surface area contributed by atoms with E-state index in [1.807, 2.05) is 12.4 Å². The first-order valence-electron chi connectivity index (χ1n) is 8.99. The molecular formula is C19H23N5O. The Bertz CT molecular complexity index is 923. The fourth-order valence-electron chi connectivity index (χ4n) is 4.07. The average Bonchev–Trinajstić information content (AvgIpc) is 3.25. The van der Waals surface area contributed by atoms with Crippen LogP contribution in [0.25, 0.3) is 22.3 Å². The standard InChI is InChI=1S/C19H23N5O/c1-12-7-20-19-16(12)5-14(8-21-19)17-6-18(23(2)22-17)13-3-4-24(9-13)15-10-25-11-15/h5-8,13,15H,3-4,9-11H2,1-2H3,(H,20,21). The summed E-state index contributed by atoms with van der Waals surface area (Å²) in [6.07, 6.45) is 5.11. The zero-order valence-corrected chi connectivity index (χ0v) is 14.7. The number of H-pyrrole nitrogens is 1. The molecule has 5 heterocycles. The molecule has 0 radical (unpaired) electrons. The van der Waals surface area contributed by atoms with Crippen LogP contribution in [0.1, 0.15) is 23.6 Å². The van der Waals surface area contributed by atoms with Gasteiger partial charge in [0.15, 0.2) is 0 Å². The first kappa shape index (κ1) is 15.1. The molecular weight excluding hydrogens is 314 g/mol. The lowest BCUT2D eigenvalue weighted by atomic mass is 10.0. The average molecular weight is 337 g/mol. The Morgan fingerprint density at radius 1 is 1.28 bits per heavy atom. The van der Waals surface area contributed by atoms with Crippen LogP contribution >= 0.6 is 0 Å². The molecule has 6 heteroatoms. The molecule has 1 N–H and O–H groups in total. The quantitative estimate of drug-likeness (QED) is 0.798. The molecule has 2 saturated heterocycles. The molecule has 1 atom stereocenters. The number of aryl methyl sites for hydroxylation is 2. The van der Waals surface area contributed by atoms with E-state index in [1.54, 1.807) is 0 Å². The summed E-state index contributed by atoms with van der Waals surface area (Å²) in [5.41, 5.74) is 5.57. The number of fused-ring (bicyclic) bond motifs is 1. The zero-order valence-electron chi connectivity index (χ0n) is 14.7. The first-order valence-corrected chi connectivity index (χ1v) is 8.99. The van der Waals surface area contributed by atoms with Crippen LogP contribution in [0, 0.1) is 6.92 Å². The molecule has 130 valence electrons. The van der Waals surface area contributed by atoms with E-state index < -0.39 is 0 Å². The van der Waals surface area contributed by atoms with Crippen molar-refractivity contribution in [1.82, 2.24) is 24.6 Å². The Morgan fingerprint density at radius 2 is 2.16 bits per heavy atom.